The minimum absolute atomic E-state index is 0.0931. The van der Waals surface area contributed by atoms with Crippen molar-refractivity contribution in [1.82, 2.24) is 14.9 Å². The molecule has 1 heterocycles. The first kappa shape index (κ1) is 25.0. The summed E-state index contributed by atoms with van der Waals surface area (Å²) in [5, 5.41) is 4.05. The third-order valence-electron chi connectivity index (χ3n) is 5.67. The number of nitrogens with one attached hydrogen (secondary N) is 2. The van der Waals surface area contributed by atoms with Crippen molar-refractivity contribution in [1.29, 1.82) is 0 Å². The third-order valence-corrected chi connectivity index (χ3v) is 7.67. The maximum absolute atomic E-state index is 12.6. The molecule has 0 radical (unpaired) electrons. The first-order valence-corrected chi connectivity index (χ1v) is 12.9. The van der Waals surface area contributed by atoms with Gasteiger partial charge in [0, 0.05) is 23.1 Å². The maximum atomic E-state index is 12.6. The van der Waals surface area contributed by atoms with Crippen LogP contribution in [0.2, 0.25) is 10.0 Å². The molecule has 0 bridgehead atoms. The second-order valence-corrected chi connectivity index (χ2v) is 11.0. The Balaban J connectivity index is 1.50. The summed E-state index contributed by atoms with van der Waals surface area (Å²) in [5.41, 5.74) is 1.82. The Kier molecular flexibility index (Phi) is 8.58. The highest BCUT2D eigenvalue weighted by Gasteiger charge is 2.24. The van der Waals surface area contributed by atoms with Crippen molar-refractivity contribution in [2.24, 2.45) is 5.92 Å². The fourth-order valence-corrected chi connectivity index (χ4v) is 5.60. The average molecular weight is 498 g/mol. The van der Waals surface area contributed by atoms with Crippen molar-refractivity contribution in [2.75, 3.05) is 26.2 Å². The Hall–Kier alpha value is -1.64. The molecule has 174 valence electrons. The molecule has 0 spiro atoms. The van der Waals surface area contributed by atoms with Gasteiger partial charge in [0.05, 0.1) is 17.5 Å². The van der Waals surface area contributed by atoms with Crippen LogP contribution in [0.15, 0.2) is 47.4 Å². The number of hydrogen-bond donors (Lipinski definition) is 2. The van der Waals surface area contributed by atoms with Gasteiger partial charge in [0.15, 0.2) is 0 Å². The molecule has 2 aromatic carbocycles. The van der Waals surface area contributed by atoms with E-state index < -0.39 is 10.0 Å². The van der Waals surface area contributed by atoms with Crippen LogP contribution in [-0.2, 0) is 14.8 Å². The zero-order valence-electron chi connectivity index (χ0n) is 18.3. The standard InChI is InChI=1S/C23H29Cl2N3O3S/c1-16-5-8-20(9-6-16)32(30,31)26-13-18-4-3-11-28(14-18)15-23(29)27-17(2)21-10-7-19(24)12-22(21)25/h5-10,12,17-18,26H,3-4,11,13-15H2,1-2H3,(H,27,29). The molecule has 1 aliphatic rings. The Morgan fingerprint density at radius 3 is 2.59 bits per heavy atom. The van der Waals surface area contributed by atoms with E-state index in [1.165, 1.54) is 0 Å². The normalized spacial score (nSPS) is 18.3. The topological polar surface area (TPSA) is 78.5 Å². The van der Waals surface area contributed by atoms with Crippen LogP contribution in [-0.4, -0.2) is 45.4 Å². The van der Waals surface area contributed by atoms with Gasteiger partial charge in [-0.2, -0.15) is 0 Å². The SMILES string of the molecule is Cc1ccc(S(=O)(=O)NCC2CCCN(CC(=O)NC(C)c3ccc(Cl)cc3Cl)C2)cc1. The zero-order chi connectivity index (χ0) is 23.3. The zero-order valence-corrected chi connectivity index (χ0v) is 20.6. The van der Waals surface area contributed by atoms with E-state index in [0.717, 1.165) is 30.5 Å². The summed E-state index contributed by atoms with van der Waals surface area (Å²) in [6.45, 7) is 5.89. The molecule has 2 atom stereocenters. The van der Waals surface area contributed by atoms with Gasteiger partial charge >= 0.3 is 0 Å². The van der Waals surface area contributed by atoms with Crippen molar-refractivity contribution in [3.8, 4) is 0 Å². The Labute approximate surface area is 200 Å². The summed E-state index contributed by atoms with van der Waals surface area (Å²) in [6.07, 6.45) is 1.84. The van der Waals surface area contributed by atoms with Gasteiger partial charge in [-0.25, -0.2) is 13.1 Å². The van der Waals surface area contributed by atoms with Gasteiger partial charge in [0.2, 0.25) is 15.9 Å². The first-order chi connectivity index (χ1) is 15.1. The molecule has 0 aromatic heterocycles. The van der Waals surface area contributed by atoms with E-state index in [-0.39, 0.29) is 29.3 Å². The van der Waals surface area contributed by atoms with Crippen LogP contribution in [0.1, 0.15) is 36.9 Å². The summed E-state index contributed by atoms with van der Waals surface area (Å²) >= 11 is 12.2. The predicted molar refractivity (Wildman–Crippen MR) is 129 cm³/mol. The van der Waals surface area contributed by atoms with E-state index in [0.29, 0.717) is 23.1 Å². The number of aryl methyl sites for hydroxylation is 1. The number of halogens is 2. The highest BCUT2D eigenvalue weighted by atomic mass is 35.5. The number of benzene rings is 2. The molecule has 6 nitrogen and oxygen atoms in total. The van der Waals surface area contributed by atoms with E-state index in [2.05, 4.69) is 14.9 Å². The summed E-state index contributed by atoms with van der Waals surface area (Å²) in [6, 6.07) is 11.8. The summed E-state index contributed by atoms with van der Waals surface area (Å²) in [7, 11) is -3.54. The summed E-state index contributed by atoms with van der Waals surface area (Å²) in [4.78, 5) is 14.9. The van der Waals surface area contributed by atoms with Crippen LogP contribution in [0.25, 0.3) is 0 Å². The molecule has 2 unspecified atom stereocenters. The van der Waals surface area contributed by atoms with Crippen molar-refractivity contribution >= 4 is 39.1 Å². The van der Waals surface area contributed by atoms with Gasteiger partial charge in [0.25, 0.3) is 0 Å². The number of likely N-dealkylation sites (tertiary alicyclic amines) is 1. The first-order valence-electron chi connectivity index (χ1n) is 10.7. The lowest BCUT2D eigenvalue weighted by Gasteiger charge is -2.32. The fourth-order valence-electron chi connectivity index (χ4n) is 3.91. The molecule has 32 heavy (non-hydrogen) atoms. The number of hydrogen-bond acceptors (Lipinski definition) is 4. The van der Waals surface area contributed by atoms with E-state index in [4.69, 9.17) is 23.2 Å². The minimum Gasteiger partial charge on any atom is -0.348 e. The van der Waals surface area contributed by atoms with Crippen LogP contribution in [0.3, 0.4) is 0 Å². The molecule has 1 saturated heterocycles. The van der Waals surface area contributed by atoms with Crippen molar-refractivity contribution < 1.29 is 13.2 Å². The molecule has 1 fully saturated rings. The minimum atomic E-state index is -3.54. The maximum Gasteiger partial charge on any atom is 0.240 e. The smallest absolute Gasteiger partial charge is 0.240 e. The number of carbonyl (C=O) groups is 1. The molecule has 2 N–H and O–H groups in total. The fraction of sp³-hybridized carbons (Fsp3) is 0.435. The predicted octanol–water partition coefficient (Wildman–Crippen LogP) is 4.17. The number of sulfonamides is 1. The van der Waals surface area contributed by atoms with Crippen LogP contribution in [0, 0.1) is 12.8 Å². The van der Waals surface area contributed by atoms with Gasteiger partial charge in [-0.3, -0.25) is 9.69 Å². The second kappa shape index (κ2) is 11.0. The van der Waals surface area contributed by atoms with Crippen LogP contribution < -0.4 is 10.0 Å². The van der Waals surface area contributed by atoms with E-state index in [9.17, 15) is 13.2 Å². The van der Waals surface area contributed by atoms with Crippen molar-refractivity contribution in [3.63, 3.8) is 0 Å². The number of carbonyl (C=O) groups excluding carboxylic acids is 1. The lowest BCUT2D eigenvalue weighted by atomic mass is 9.98. The number of nitrogens with zero attached hydrogens (tertiary/aromatic N) is 1. The Morgan fingerprint density at radius 1 is 1.19 bits per heavy atom. The van der Waals surface area contributed by atoms with E-state index in [1.54, 1.807) is 36.4 Å². The third kappa shape index (κ3) is 6.93. The van der Waals surface area contributed by atoms with Gasteiger partial charge in [-0.1, -0.05) is 47.0 Å². The van der Waals surface area contributed by atoms with E-state index in [1.807, 2.05) is 19.9 Å². The van der Waals surface area contributed by atoms with Crippen LogP contribution in [0.5, 0.6) is 0 Å². The van der Waals surface area contributed by atoms with Gasteiger partial charge in [0.1, 0.15) is 0 Å². The molecule has 1 aliphatic heterocycles. The molecule has 0 aliphatic carbocycles. The van der Waals surface area contributed by atoms with Gasteiger partial charge in [-0.05, 0) is 69.0 Å². The van der Waals surface area contributed by atoms with E-state index >= 15 is 0 Å². The molecule has 1 amide bonds. The monoisotopic (exact) mass is 497 g/mol. The van der Waals surface area contributed by atoms with Crippen LogP contribution in [0.4, 0.5) is 0 Å². The Bertz CT molecular complexity index is 1040. The molecule has 0 saturated carbocycles. The number of amides is 1. The van der Waals surface area contributed by atoms with Gasteiger partial charge in [-0.15, -0.1) is 0 Å². The highest BCUT2D eigenvalue weighted by Crippen LogP contribution is 2.26. The number of piperidine rings is 1. The van der Waals surface area contributed by atoms with Crippen molar-refractivity contribution in [2.45, 2.75) is 37.6 Å². The molecular weight excluding hydrogens is 469 g/mol. The van der Waals surface area contributed by atoms with Crippen molar-refractivity contribution in [3.05, 3.63) is 63.6 Å². The second-order valence-electron chi connectivity index (χ2n) is 8.36. The molecule has 2 aromatic rings. The van der Waals surface area contributed by atoms with Crippen LogP contribution >= 0.6 is 23.2 Å². The molecule has 9 heteroatoms. The molecular formula is C23H29Cl2N3O3S. The lowest BCUT2D eigenvalue weighted by Crippen LogP contribution is -2.45. The Morgan fingerprint density at radius 2 is 1.91 bits per heavy atom. The summed E-state index contributed by atoms with van der Waals surface area (Å²) in [5.74, 6) is 0.0595. The summed E-state index contributed by atoms with van der Waals surface area (Å²) < 4.78 is 27.8. The largest absolute Gasteiger partial charge is 0.348 e. The number of rotatable bonds is 8. The lowest BCUT2D eigenvalue weighted by molar-refractivity contribution is -0.123. The van der Waals surface area contributed by atoms with Gasteiger partial charge < -0.3 is 5.32 Å². The quantitative estimate of drug-likeness (QED) is 0.573. The average Bonchev–Trinajstić information content (AvgIpc) is 2.72. The molecule has 3 rings (SSSR count). The highest BCUT2D eigenvalue weighted by molar-refractivity contribution is 7.89.